The highest BCUT2D eigenvalue weighted by molar-refractivity contribution is 5.75. The van der Waals surface area contributed by atoms with Gasteiger partial charge in [0.2, 0.25) is 0 Å². The summed E-state index contributed by atoms with van der Waals surface area (Å²) >= 11 is 0. The molecule has 1 aliphatic rings. The molecular formula is C20H15F. The van der Waals surface area contributed by atoms with Gasteiger partial charge in [-0.1, -0.05) is 60.7 Å². The van der Waals surface area contributed by atoms with Gasteiger partial charge in [-0.05, 0) is 46.4 Å². The highest BCUT2D eigenvalue weighted by Gasteiger charge is 2.25. The lowest BCUT2D eigenvalue weighted by molar-refractivity contribution is 0.626. The molecule has 1 aliphatic carbocycles. The van der Waals surface area contributed by atoms with Crippen LogP contribution in [0, 0.1) is 5.82 Å². The first kappa shape index (κ1) is 12.3. The molecule has 21 heavy (non-hydrogen) atoms. The van der Waals surface area contributed by atoms with Gasteiger partial charge in [-0.15, -0.1) is 0 Å². The largest absolute Gasteiger partial charge is 0.207 e. The summed E-state index contributed by atoms with van der Waals surface area (Å²) in [4.78, 5) is 0. The van der Waals surface area contributed by atoms with Crippen LogP contribution >= 0.6 is 0 Å². The lowest BCUT2D eigenvalue weighted by Crippen LogP contribution is -2.12. The fourth-order valence-corrected chi connectivity index (χ4v) is 3.33. The number of hydrogen-bond donors (Lipinski definition) is 0. The van der Waals surface area contributed by atoms with Crippen molar-refractivity contribution in [3.05, 3.63) is 95.3 Å². The molecule has 0 spiro atoms. The van der Waals surface area contributed by atoms with Crippen LogP contribution in [0.4, 0.5) is 4.39 Å². The van der Waals surface area contributed by atoms with E-state index < -0.39 is 0 Å². The maximum atomic E-state index is 13.2. The molecule has 0 heterocycles. The maximum absolute atomic E-state index is 13.2. The molecule has 102 valence electrons. The second-order valence-electron chi connectivity index (χ2n) is 5.55. The van der Waals surface area contributed by atoms with E-state index in [0.29, 0.717) is 5.92 Å². The van der Waals surface area contributed by atoms with Crippen LogP contribution in [0.5, 0.6) is 0 Å². The Morgan fingerprint density at radius 3 is 2.19 bits per heavy atom. The summed E-state index contributed by atoms with van der Waals surface area (Å²) in [7, 11) is 0. The standard InChI is InChI=1S/C20H15F/c21-16-11-9-14(10-12-16)20-13-15-5-1-2-6-17(15)18-7-3-4-8-19(18)20/h1-12,20H,13H2. The van der Waals surface area contributed by atoms with Gasteiger partial charge in [-0.2, -0.15) is 0 Å². The second-order valence-corrected chi connectivity index (χ2v) is 5.55. The predicted molar refractivity (Wildman–Crippen MR) is 83.8 cm³/mol. The molecule has 0 saturated heterocycles. The van der Waals surface area contributed by atoms with Crippen LogP contribution in [-0.4, -0.2) is 0 Å². The van der Waals surface area contributed by atoms with Crippen LogP contribution in [0.25, 0.3) is 11.1 Å². The molecule has 0 aliphatic heterocycles. The molecule has 4 rings (SSSR count). The average Bonchev–Trinajstić information content (AvgIpc) is 2.55. The molecule has 0 amide bonds. The minimum atomic E-state index is -0.178. The summed E-state index contributed by atoms with van der Waals surface area (Å²) in [6.07, 6.45) is 0.971. The van der Waals surface area contributed by atoms with Gasteiger partial charge in [0.25, 0.3) is 0 Å². The summed E-state index contributed by atoms with van der Waals surface area (Å²) in [6.45, 7) is 0. The molecule has 0 saturated carbocycles. The zero-order valence-corrected chi connectivity index (χ0v) is 11.6. The van der Waals surface area contributed by atoms with Crippen LogP contribution in [-0.2, 0) is 6.42 Å². The predicted octanol–water partition coefficient (Wildman–Crippen LogP) is 5.18. The summed E-state index contributed by atoms with van der Waals surface area (Å²) in [5.41, 5.74) is 6.51. The Bertz CT molecular complexity index is 787. The third-order valence-corrected chi connectivity index (χ3v) is 4.34. The molecule has 1 heteroatoms. The van der Waals surface area contributed by atoms with Gasteiger partial charge < -0.3 is 0 Å². The van der Waals surface area contributed by atoms with Crippen LogP contribution in [0.15, 0.2) is 72.8 Å². The van der Waals surface area contributed by atoms with Gasteiger partial charge in [-0.25, -0.2) is 4.39 Å². The third-order valence-electron chi connectivity index (χ3n) is 4.34. The van der Waals surface area contributed by atoms with Gasteiger partial charge in [0, 0.05) is 5.92 Å². The van der Waals surface area contributed by atoms with Crippen molar-refractivity contribution in [3.8, 4) is 11.1 Å². The minimum Gasteiger partial charge on any atom is -0.207 e. The van der Waals surface area contributed by atoms with Crippen molar-refractivity contribution in [2.24, 2.45) is 0 Å². The van der Waals surface area contributed by atoms with Gasteiger partial charge >= 0.3 is 0 Å². The van der Waals surface area contributed by atoms with E-state index in [1.807, 2.05) is 12.1 Å². The number of rotatable bonds is 1. The number of fused-ring (bicyclic) bond motifs is 3. The van der Waals surface area contributed by atoms with Crippen molar-refractivity contribution in [2.75, 3.05) is 0 Å². The van der Waals surface area contributed by atoms with Crippen LogP contribution in [0.2, 0.25) is 0 Å². The summed E-state index contributed by atoms with van der Waals surface area (Å²) in [6, 6.07) is 24.0. The Hall–Kier alpha value is -2.41. The summed E-state index contributed by atoms with van der Waals surface area (Å²) in [5, 5.41) is 0. The maximum Gasteiger partial charge on any atom is 0.123 e. The van der Waals surface area contributed by atoms with Gasteiger partial charge in [0.05, 0.1) is 0 Å². The molecular weight excluding hydrogens is 259 g/mol. The molecule has 0 radical (unpaired) electrons. The second kappa shape index (κ2) is 4.85. The molecule has 0 bridgehead atoms. The first-order valence-electron chi connectivity index (χ1n) is 7.25. The van der Waals surface area contributed by atoms with E-state index in [0.717, 1.165) is 6.42 Å². The van der Waals surface area contributed by atoms with Crippen LogP contribution < -0.4 is 0 Å². The molecule has 0 aromatic heterocycles. The summed E-state index contributed by atoms with van der Waals surface area (Å²) in [5.74, 6) is 0.125. The molecule has 0 nitrogen and oxygen atoms in total. The van der Waals surface area contributed by atoms with Crippen molar-refractivity contribution in [3.63, 3.8) is 0 Å². The number of hydrogen-bond acceptors (Lipinski definition) is 0. The normalized spacial score (nSPS) is 16.1. The minimum absolute atomic E-state index is 0.178. The monoisotopic (exact) mass is 274 g/mol. The highest BCUT2D eigenvalue weighted by Crippen LogP contribution is 2.42. The van der Waals surface area contributed by atoms with Gasteiger partial charge in [0.1, 0.15) is 5.82 Å². The van der Waals surface area contributed by atoms with Gasteiger partial charge in [0.15, 0.2) is 0 Å². The Kier molecular flexibility index (Phi) is 2.85. The lowest BCUT2D eigenvalue weighted by atomic mass is 9.76. The Balaban J connectivity index is 1.90. The first-order valence-corrected chi connectivity index (χ1v) is 7.25. The van der Waals surface area contributed by atoms with E-state index in [4.69, 9.17) is 0 Å². The van der Waals surface area contributed by atoms with Crippen molar-refractivity contribution in [2.45, 2.75) is 12.3 Å². The first-order chi connectivity index (χ1) is 10.3. The molecule has 3 aromatic rings. The quantitative estimate of drug-likeness (QED) is 0.573. The zero-order chi connectivity index (χ0) is 14.2. The third kappa shape index (κ3) is 2.06. The lowest BCUT2D eigenvalue weighted by Gasteiger charge is -2.28. The van der Waals surface area contributed by atoms with E-state index in [-0.39, 0.29) is 5.82 Å². The fraction of sp³-hybridized carbons (Fsp3) is 0.100. The van der Waals surface area contributed by atoms with Crippen molar-refractivity contribution in [1.82, 2.24) is 0 Å². The Morgan fingerprint density at radius 2 is 1.38 bits per heavy atom. The molecule has 0 N–H and O–H groups in total. The van der Waals surface area contributed by atoms with Crippen molar-refractivity contribution >= 4 is 0 Å². The van der Waals surface area contributed by atoms with Crippen molar-refractivity contribution in [1.29, 1.82) is 0 Å². The zero-order valence-electron chi connectivity index (χ0n) is 11.6. The smallest absolute Gasteiger partial charge is 0.123 e. The molecule has 1 atom stereocenters. The molecule has 0 fully saturated rings. The van der Waals surface area contributed by atoms with E-state index in [2.05, 4.69) is 48.5 Å². The topological polar surface area (TPSA) is 0 Å². The molecule has 1 unspecified atom stereocenters. The number of benzene rings is 3. The van der Waals surface area contributed by atoms with Crippen LogP contribution in [0.3, 0.4) is 0 Å². The van der Waals surface area contributed by atoms with Gasteiger partial charge in [-0.3, -0.25) is 0 Å². The van der Waals surface area contributed by atoms with E-state index in [1.165, 1.54) is 27.8 Å². The molecule has 3 aromatic carbocycles. The SMILES string of the molecule is Fc1ccc(C2Cc3ccccc3-c3ccccc32)cc1. The average molecular weight is 274 g/mol. The Morgan fingerprint density at radius 1 is 0.714 bits per heavy atom. The van der Waals surface area contributed by atoms with E-state index >= 15 is 0 Å². The van der Waals surface area contributed by atoms with E-state index in [1.54, 1.807) is 12.1 Å². The highest BCUT2D eigenvalue weighted by atomic mass is 19.1. The van der Waals surface area contributed by atoms with Crippen LogP contribution in [0.1, 0.15) is 22.6 Å². The van der Waals surface area contributed by atoms with Crippen molar-refractivity contribution < 1.29 is 4.39 Å². The Labute approximate surface area is 123 Å². The van der Waals surface area contributed by atoms with E-state index in [9.17, 15) is 4.39 Å². The fourth-order valence-electron chi connectivity index (χ4n) is 3.33. The summed E-state index contributed by atoms with van der Waals surface area (Å²) < 4.78 is 13.2. The number of halogens is 1.